The van der Waals surface area contributed by atoms with Crippen LogP contribution in [-0.2, 0) is 4.74 Å². The van der Waals surface area contributed by atoms with Crippen molar-refractivity contribution in [3.05, 3.63) is 125 Å². The molecule has 206 valence electrons. The van der Waals surface area contributed by atoms with Gasteiger partial charge in [-0.25, -0.2) is 9.59 Å². The third kappa shape index (κ3) is 7.41. The minimum absolute atomic E-state index is 0.216. The Morgan fingerprint density at radius 3 is 2.12 bits per heavy atom. The lowest BCUT2D eigenvalue weighted by Gasteiger charge is -2.24. The first-order chi connectivity index (χ1) is 19.5. The molecule has 0 atom stereocenters. The van der Waals surface area contributed by atoms with Crippen molar-refractivity contribution >= 4 is 23.4 Å². The average molecular weight is 538 g/mol. The van der Waals surface area contributed by atoms with Gasteiger partial charge in [0.25, 0.3) is 0 Å². The highest BCUT2D eigenvalue weighted by Crippen LogP contribution is 2.32. The zero-order valence-electron chi connectivity index (χ0n) is 23.1. The first-order valence-electron chi connectivity index (χ1n) is 13.3. The van der Waals surface area contributed by atoms with Gasteiger partial charge in [0.1, 0.15) is 17.4 Å². The molecule has 0 aliphatic heterocycles. The van der Waals surface area contributed by atoms with Crippen molar-refractivity contribution < 1.29 is 19.1 Å². The smallest absolute Gasteiger partial charge is 0.341 e. The largest absolute Gasteiger partial charge is 0.480 e. The van der Waals surface area contributed by atoms with Crippen LogP contribution in [0.3, 0.4) is 0 Å². The number of hydrogen-bond donors (Lipinski definition) is 2. The molecule has 7 heteroatoms. The lowest BCUT2D eigenvalue weighted by molar-refractivity contribution is 0.0594. The molecule has 0 unspecified atom stereocenters. The van der Waals surface area contributed by atoms with E-state index in [1.165, 1.54) is 12.7 Å². The molecule has 2 N–H and O–H groups in total. The molecule has 0 bridgehead atoms. The summed E-state index contributed by atoms with van der Waals surface area (Å²) in [6.07, 6.45) is -0.442. The van der Waals surface area contributed by atoms with Gasteiger partial charge >= 0.3 is 12.0 Å². The molecule has 0 saturated carbocycles. The quantitative estimate of drug-likeness (QED) is 0.211. The van der Waals surface area contributed by atoms with Gasteiger partial charge in [-0.3, -0.25) is 0 Å². The average Bonchev–Trinajstić information content (AvgIpc) is 2.99. The number of likely N-dealkylation sites (N-methyl/N-ethyl adjacent to an activating group) is 1. The molecular weight excluding hydrogens is 502 g/mol. The number of nitrogens with one attached hydrogen (secondary N) is 2. The van der Waals surface area contributed by atoms with Gasteiger partial charge in [-0.15, -0.1) is 0 Å². The van der Waals surface area contributed by atoms with Crippen LogP contribution in [0.15, 0.2) is 103 Å². The second-order valence-corrected chi connectivity index (χ2v) is 9.32. The van der Waals surface area contributed by atoms with Crippen LogP contribution >= 0.6 is 0 Å². The monoisotopic (exact) mass is 537 g/mol. The molecule has 0 aliphatic rings. The minimum atomic E-state index is -0.560. The van der Waals surface area contributed by atoms with Crippen LogP contribution < -0.4 is 20.3 Å². The van der Waals surface area contributed by atoms with Crippen molar-refractivity contribution in [2.24, 2.45) is 0 Å². The SMILES string of the molecule is CCN(CCNC(=O)Nc1ccc(OC(c2ccccc2)c2ccccc2)c(C(=O)OC)c1)c1cccc(C)c1. The Hall–Kier alpha value is -4.78. The van der Waals surface area contributed by atoms with Crippen molar-refractivity contribution in [1.82, 2.24) is 5.32 Å². The van der Waals surface area contributed by atoms with Gasteiger partial charge < -0.3 is 25.0 Å². The van der Waals surface area contributed by atoms with Gasteiger partial charge in [0.05, 0.1) is 7.11 Å². The van der Waals surface area contributed by atoms with Crippen molar-refractivity contribution in [2.75, 3.05) is 37.0 Å². The van der Waals surface area contributed by atoms with Gasteiger partial charge in [0.15, 0.2) is 0 Å². The molecule has 40 heavy (non-hydrogen) atoms. The molecule has 0 spiro atoms. The predicted molar refractivity (Wildman–Crippen MR) is 159 cm³/mol. The predicted octanol–water partition coefficient (Wildman–Crippen LogP) is 6.60. The number of benzene rings is 4. The summed E-state index contributed by atoms with van der Waals surface area (Å²) < 4.78 is 11.5. The third-order valence-corrected chi connectivity index (χ3v) is 6.51. The number of rotatable bonds is 11. The number of anilines is 2. The lowest BCUT2D eigenvalue weighted by Crippen LogP contribution is -2.37. The molecule has 0 aromatic heterocycles. The first kappa shape index (κ1) is 28.2. The lowest BCUT2D eigenvalue weighted by atomic mass is 10.0. The highest BCUT2D eigenvalue weighted by atomic mass is 16.5. The number of urea groups is 1. The second-order valence-electron chi connectivity index (χ2n) is 9.32. The maximum atomic E-state index is 12.7. The van der Waals surface area contributed by atoms with E-state index in [1.807, 2.05) is 66.7 Å². The molecule has 7 nitrogen and oxygen atoms in total. The molecule has 0 saturated heterocycles. The molecule has 0 aliphatic carbocycles. The molecule has 4 aromatic rings. The standard InChI is InChI=1S/C33H35N3O4/c1-4-36(28-17-11-12-24(2)22-28)21-20-34-33(38)35-27-18-19-30(29(23-27)32(37)39-3)40-31(25-13-7-5-8-14-25)26-15-9-6-10-16-26/h5-19,22-23,31H,4,20-21H2,1-3H3,(H2,34,35,38). The van der Waals surface area contributed by atoms with E-state index in [9.17, 15) is 9.59 Å². The molecular formula is C33H35N3O4. The van der Waals surface area contributed by atoms with Crippen molar-refractivity contribution in [2.45, 2.75) is 20.0 Å². The summed E-state index contributed by atoms with van der Waals surface area (Å²) in [5.41, 5.74) is 4.86. The van der Waals surface area contributed by atoms with Crippen LogP contribution in [0.2, 0.25) is 0 Å². The van der Waals surface area contributed by atoms with E-state index in [0.717, 1.165) is 23.4 Å². The zero-order chi connectivity index (χ0) is 28.3. The number of amides is 2. The Kier molecular flexibility index (Phi) is 9.77. The van der Waals surface area contributed by atoms with E-state index >= 15 is 0 Å². The number of aryl methyl sites for hydroxylation is 1. The van der Waals surface area contributed by atoms with Crippen molar-refractivity contribution in [3.63, 3.8) is 0 Å². The summed E-state index contributed by atoms with van der Waals surface area (Å²) in [7, 11) is 1.32. The number of nitrogens with zero attached hydrogens (tertiary/aromatic N) is 1. The number of esters is 1. The number of methoxy groups -OCH3 is 1. The van der Waals surface area contributed by atoms with Crippen LogP contribution in [0.5, 0.6) is 5.75 Å². The Bertz CT molecular complexity index is 1370. The Morgan fingerprint density at radius 1 is 0.850 bits per heavy atom. The summed E-state index contributed by atoms with van der Waals surface area (Å²) in [6.45, 7) is 6.08. The first-order valence-corrected chi connectivity index (χ1v) is 13.3. The highest BCUT2D eigenvalue weighted by molar-refractivity contribution is 5.96. The Morgan fingerprint density at radius 2 is 1.52 bits per heavy atom. The summed E-state index contributed by atoms with van der Waals surface area (Å²) in [4.78, 5) is 27.6. The number of ether oxygens (including phenoxy) is 2. The van der Waals surface area contributed by atoms with E-state index in [2.05, 4.69) is 47.6 Å². The summed E-state index contributed by atoms with van der Waals surface area (Å²) in [5.74, 6) is -0.206. The van der Waals surface area contributed by atoms with Gasteiger partial charge in [-0.2, -0.15) is 0 Å². The number of carbonyl (C=O) groups is 2. The van der Waals surface area contributed by atoms with Crippen LogP contribution in [0, 0.1) is 6.92 Å². The molecule has 4 aromatic carbocycles. The zero-order valence-corrected chi connectivity index (χ0v) is 23.1. The Labute approximate surface area is 235 Å². The number of hydrogen-bond acceptors (Lipinski definition) is 5. The Balaban J connectivity index is 1.46. The number of carbonyl (C=O) groups excluding carboxylic acids is 2. The summed E-state index contributed by atoms with van der Waals surface area (Å²) in [6, 6.07) is 32.5. The van der Waals surface area contributed by atoms with E-state index in [-0.39, 0.29) is 11.6 Å². The van der Waals surface area contributed by atoms with Crippen molar-refractivity contribution in [3.8, 4) is 5.75 Å². The second kappa shape index (κ2) is 13.8. The fraction of sp³-hybridized carbons (Fsp3) is 0.212. The fourth-order valence-corrected chi connectivity index (χ4v) is 4.47. The van der Waals surface area contributed by atoms with Gasteiger partial charge in [0, 0.05) is 31.0 Å². The molecule has 4 rings (SSSR count). The van der Waals surface area contributed by atoms with E-state index in [4.69, 9.17) is 9.47 Å². The van der Waals surface area contributed by atoms with E-state index in [1.54, 1.807) is 18.2 Å². The normalized spacial score (nSPS) is 10.6. The van der Waals surface area contributed by atoms with Crippen molar-refractivity contribution in [1.29, 1.82) is 0 Å². The van der Waals surface area contributed by atoms with E-state index in [0.29, 0.717) is 24.5 Å². The molecule has 0 heterocycles. The van der Waals surface area contributed by atoms with Crippen LogP contribution in [-0.4, -0.2) is 38.7 Å². The van der Waals surface area contributed by atoms with Gasteiger partial charge in [0.2, 0.25) is 0 Å². The summed E-state index contributed by atoms with van der Waals surface area (Å²) >= 11 is 0. The topological polar surface area (TPSA) is 79.9 Å². The maximum Gasteiger partial charge on any atom is 0.341 e. The van der Waals surface area contributed by atoms with Gasteiger partial charge in [-0.05, 0) is 60.9 Å². The maximum absolute atomic E-state index is 12.7. The highest BCUT2D eigenvalue weighted by Gasteiger charge is 2.21. The van der Waals surface area contributed by atoms with Crippen LogP contribution in [0.25, 0.3) is 0 Å². The van der Waals surface area contributed by atoms with E-state index < -0.39 is 12.1 Å². The van der Waals surface area contributed by atoms with Crippen LogP contribution in [0.1, 0.15) is 40.1 Å². The minimum Gasteiger partial charge on any atom is -0.480 e. The van der Waals surface area contributed by atoms with Crippen LogP contribution in [0.4, 0.5) is 16.2 Å². The fourth-order valence-electron chi connectivity index (χ4n) is 4.47. The summed E-state index contributed by atoms with van der Waals surface area (Å²) in [5, 5.41) is 5.71. The molecule has 0 radical (unpaired) electrons. The van der Waals surface area contributed by atoms with Gasteiger partial charge in [-0.1, -0.05) is 72.8 Å². The third-order valence-electron chi connectivity index (χ3n) is 6.51. The molecule has 0 fully saturated rings. The molecule has 2 amide bonds.